The molecule has 1 aliphatic rings. The van der Waals surface area contributed by atoms with Gasteiger partial charge in [0.05, 0.1) is 0 Å². The van der Waals surface area contributed by atoms with Crippen molar-refractivity contribution in [1.82, 2.24) is 4.90 Å². The van der Waals surface area contributed by atoms with Crippen molar-refractivity contribution in [3.05, 3.63) is 0 Å². The summed E-state index contributed by atoms with van der Waals surface area (Å²) < 4.78 is 0. The van der Waals surface area contributed by atoms with Crippen LogP contribution in [0.2, 0.25) is 0 Å². The molecule has 0 bridgehead atoms. The van der Waals surface area contributed by atoms with E-state index in [2.05, 4.69) is 11.8 Å². The highest BCUT2D eigenvalue weighted by Crippen LogP contribution is 2.55. The van der Waals surface area contributed by atoms with Crippen LogP contribution in [0.5, 0.6) is 0 Å². The number of nitrogens with zero attached hydrogens (tertiary/aromatic N) is 1. The van der Waals surface area contributed by atoms with Crippen LogP contribution in [0.15, 0.2) is 0 Å². The van der Waals surface area contributed by atoms with Crippen molar-refractivity contribution >= 4 is 5.97 Å². The fraction of sp³-hybridized carbons (Fsp3) is 0.909. The van der Waals surface area contributed by atoms with E-state index in [4.69, 9.17) is 0 Å². The van der Waals surface area contributed by atoms with E-state index in [1.54, 1.807) is 0 Å². The number of carboxylic acids is 1. The predicted molar refractivity (Wildman–Crippen MR) is 56.3 cm³/mol. The Hall–Kier alpha value is -0.570. The molecule has 0 aromatic carbocycles. The van der Waals surface area contributed by atoms with Crippen LogP contribution < -0.4 is 0 Å². The van der Waals surface area contributed by atoms with Gasteiger partial charge in [-0.15, -0.1) is 0 Å². The van der Waals surface area contributed by atoms with Crippen molar-refractivity contribution < 1.29 is 9.90 Å². The molecule has 1 N–H and O–H groups in total. The fourth-order valence-electron chi connectivity index (χ4n) is 2.31. The monoisotopic (exact) mass is 199 g/mol. The van der Waals surface area contributed by atoms with Crippen molar-refractivity contribution in [3.63, 3.8) is 0 Å². The number of aliphatic carboxylic acids is 1. The lowest BCUT2D eigenvalue weighted by Gasteiger charge is -2.41. The smallest absolute Gasteiger partial charge is 0.324 e. The maximum absolute atomic E-state index is 11.4. The molecule has 0 amide bonds. The van der Waals surface area contributed by atoms with Crippen LogP contribution in [0, 0.1) is 5.41 Å². The molecule has 1 saturated carbocycles. The Morgan fingerprint density at radius 2 is 1.86 bits per heavy atom. The molecule has 1 unspecified atom stereocenters. The summed E-state index contributed by atoms with van der Waals surface area (Å²) in [7, 11) is 0. The summed E-state index contributed by atoms with van der Waals surface area (Å²) in [6, 6.07) is 0. The molecule has 1 atom stereocenters. The molecule has 0 radical (unpaired) electrons. The first-order valence-electron chi connectivity index (χ1n) is 5.41. The SMILES string of the molecule is CCN(CC)C(C)(C(=O)O)C1(C)CC1. The maximum atomic E-state index is 11.4. The Bertz CT molecular complexity index is 231. The second-order valence-electron chi connectivity index (χ2n) is 4.61. The molecule has 0 heterocycles. The van der Waals surface area contributed by atoms with Crippen LogP contribution in [0.3, 0.4) is 0 Å². The van der Waals surface area contributed by atoms with E-state index in [9.17, 15) is 9.90 Å². The Labute approximate surface area is 86.1 Å². The maximum Gasteiger partial charge on any atom is 0.324 e. The summed E-state index contributed by atoms with van der Waals surface area (Å²) in [6.07, 6.45) is 2.07. The molecule has 3 heteroatoms. The first-order valence-corrected chi connectivity index (χ1v) is 5.41. The van der Waals surface area contributed by atoms with E-state index in [0.717, 1.165) is 25.9 Å². The molecule has 1 rings (SSSR count). The van der Waals surface area contributed by atoms with Crippen LogP contribution in [-0.4, -0.2) is 34.6 Å². The normalized spacial score (nSPS) is 23.2. The van der Waals surface area contributed by atoms with Crippen LogP contribution in [-0.2, 0) is 4.79 Å². The van der Waals surface area contributed by atoms with E-state index in [1.165, 1.54) is 0 Å². The van der Waals surface area contributed by atoms with Gasteiger partial charge in [-0.3, -0.25) is 9.69 Å². The highest BCUT2D eigenvalue weighted by atomic mass is 16.4. The molecule has 0 aromatic rings. The first-order chi connectivity index (χ1) is 6.42. The third-order valence-corrected chi connectivity index (χ3v) is 3.99. The molecule has 0 aliphatic heterocycles. The van der Waals surface area contributed by atoms with Gasteiger partial charge in [-0.2, -0.15) is 0 Å². The quantitative estimate of drug-likeness (QED) is 0.736. The van der Waals surface area contributed by atoms with Crippen molar-refractivity contribution in [2.75, 3.05) is 13.1 Å². The van der Waals surface area contributed by atoms with Crippen LogP contribution in [0.1, 0.15) is 40.5 Å². The summed E-state index contributed by atoms with van der Waals surface area (Å²) in [6.45, 7) is 9.60. The average Bonchev–Trinajstić information content (AvgIpc) is 2.86. The van der Waals surface area contributed by atoms with Crippen LogP contribution in [0.4, 0.5) is 0 Å². The summed E-state index contributed by atoms with van der Waals surface area (Å²) >= 11 is 0. The zero-order valence-electron chi connectivity index (χ0n) is 9.63. The lowest BCUT2D eigenvalue weighted by molar-refractivity contribution is -0.155. The van der Waals surface area contributed by atoms with Gasteiger partial charge in [0, 0.05) is 0 Å². The predicted octanol–water partition coefficient (Wildman–Crippen LogP) is 1.97. The van der Waals surface area contributed by atoms with Gasteiger partial charge >= 0.3 is 5.97 Å². The van der Waals surface area contributed by atoms with Gasteiger partial charge in [-0.1, -0.05) is 20.8 Å². The van der Waals surface area contributed by atoms with E-state index in [-0.39, 0.29) is 5.41 Å². The largest absolute Gasteiger partial charge is 0.480 e. The second-order valence-corrected chi connectivity index (χ2v) is 4.61. The van der Waals surface area contributed by atoms with Gasteiger partial charge in [0.1, 0.15) is 5.54 Å². The van der Waals surface area contributed by atoms with Crippen molar-refractivity contribution in [3.8, 4) is 0 Å². The molecular formula is C11H21NO2. The lowest BCUT2D eigenvalue weighted by atomic mass is 9.82. The molecule has 0 aromatic heterocycles. The Morgan fingerprint density at radius 1 is 1.43 bits per heavy atom. The minimum Gasteiger partial charge on any atom is -0.480 e. The molecule has 3 nitrogen and oxygen atoms in total. The molecule has 0 saturated heterocycles. The molecule has 14 heavy (non-hydrogen) atoms. The third-order valence-electron chi connectivity index (χ3n) is 3.99. The van der Waals surface area contributed by atoms with Crippen molar-refractivity contribution in [1.29, 1.82) is 0 Å². The number of likely N-dealkylation sites (N-methyl/N-ethyl adjacent to an activating group) is 1. The number of carbonyl (C=O) groups is 1. The number of carboxylic acid groups (broad SMARTS) is 1. The van der Waals surface area contributed by atoms with Crippen LogP contribution in [0.25, 0.3) is 0 Å². The molecular weight excluding hydrogens is 178 g/mol. The molecule has 1 fully saturated rings. The summed E-state index contributed by atoms with van der Waals surface area (Å²) in [5.41, 5.74) is -0.707. The van der Waals surface area contributed by atoms with E-state index >= 15 is 0 Å². The van der Waals surface area contributed by atoms with E-state index in [0.29, 0.717) is 0 Å². The Morgan fingerprint density at radius 3 is 2.07 bits per heavy atom. The summed E-state index contributed by atoms with van der Waals surface area (Å²) in [4.78, 5) is 13.5. The minimum atomic E-state index is -0.684. The Kier molecular flexibility index (Phi) is 2.91. The summed E-state index contributed by atoms with van der Waals surface area (Å²) in [5, 5.41) is 9.40. The van der Waals surface area contributed by atoms with E-state index < -0.39 is 11.5 Å². The van der Waals surface area contributed by atoms with E-state index in [1.807, 2.05) is 20.8 Å². The van der Waals surface area contributed by atoms with Crippen molar-refractivity contribution in [2.24, 2.45) is 5.41 Å². The third kappa shape index (κ3) is 1.44. The van der Waals surface area contributed by atoms with Gasteiger partial charge in [-0.25, -0.2) is 0 Å². The second kappa shape index (κ2) is 3.54. The van der Waals surface area contributed by atoms with Gasteiger partial charge in [0.25, 0.3) is 0 Å². The summed E-state index contributed by atoms with van der Waals surface area (Å²) in [5.74, 6) is -0.679. The zero-order valence-corrected chi connectivity index (χ0v) is 9.63. The highest BCUT2D eigenvalue weighted by molar-refractivity contribution is 5.80. The average molecular weight is 199 g/mol. The van der Waals surface area contributed by atoms with Gasteiger partial charge < -0.3 is 5.11 Å². The highest BCUT2D eigenvalue weighted by Gasteiger charge is 2.59. The van der Waals surface area contributed by atoms with Gasteiger partial charge in [0.2, 0.25) is 0 Å². The van der Waals surface area contributed by atoms with Crippen LogP contribution >= 0.6 is 0 Å². The standard InChI is InChI=1S/C11H21NO2/c1-5-12(6-2)11(4,9(13)14)10(3)7-8-10/h5-8H2,1-4H3,(H,13,14). The van der Waals surface area contributed by atoms with Gasteiger partial charge in [-0.05, 0) is 38.3 Å². The lowest BCUT2D eigenvalue weighted by Crippen LogP contribution is -2.57. The van der Waals surface area contributed by atoms with Crippen molar-refractivity contribution in [2.45, 2.75) is 46.1 Å². The zero-order chi connectivity index (χ0) is 11.0. The number of hydrogen-bond donors (Lipinski definition) is 1. The first kappa shape index (κ1) is 11.5. The number of hydrogen-bond acceptors (Lipinski definition) is 2. The minimum absolute atomic E-state index is 0.0230. The fourth-order valence-corrected chi connectivity index (χ4v) is 2.31. The molecule has 1 aliphatic carbocycles. The van der Waals surface area contributed by atoms with Gasteiger partial charge in [0.15, 0.2) is 0 Å². The number of rotatable bonds is 5. The Balaban J connectivity index is 2.97. The topological polar surface area (TPSA) is 40.5 Å². The molecule has 82 valence electrons. The molecule has 0 spiro atoms.